The molecule has 154 valence electrons. The van der Waals surface area contributed by atoms with Crippen LogP contribution in [-0.4, -0.2) is 54.5 Å². The number of nitrogens with one attached hydrogen (secondary N) is 1. The maximum absolute atomic E-state index is 12.9. The van der Waals surface area contributed by atoms with Gasteiger partial charge in [-0.25, -0.2) is 0 Å². The smallest absolute Gasteiger partial charge is 0.308 e. The second-order valence-electron chi connectivity index (χ2n) is 7.25. The highest BCUT2D eigenvalue weighted by atomic mass is 16.5. The third-order valence-electron chi connectivity index (χ3n) is 4.65. The highest BCUT2D eigenvalue weighted by Crippen LogP contribution is 2.20. The zero-order valence-corrected chi connectivity index (χ0v) is 17.1. The molecule has 1 fully saturated rings. The molecule has 0 unspecified atom stereocenters. The van der Waals surface area contributed by atoms with Crippen LogP contribution in [0.25, 0.3) is 0 Å². The maximum atomic E-state index is 12.9. The molecule has 2 atom stereocenters. The van der Waals surface area contributed by atoms with E-state index in [1.165, 1.54) is 10.5 Å². The highest BCUT2D eigenvalue weighted by molar-refractivity contribution is 5.93. The number of carbonyl (C=O) groups is 3. The van der Waals surface area contributed by atoms with E-state index in [1.54, 1.807) is 6.92 Å². The van der Waals surface area contributed by atoms with Crippen molar-refractivity contribution >= 4 is 17.8 Å². The first kappa shape index (κ1) is 21.7. The fourth-order valence-corrected chi connectivity index (χ4v) is 3.03. The predicted molar refractivity (Wildman–Crippen MR) is 105 cm³/mol. The number of rotatable bonds is 8. The van der Waals surface area contributed by atoms with Crippen molar-refractivity contribution in [3.8, 4) is 5.75 Å². The van der Waals surface area contributed by atoms with Gasteiger partial charge in [-0.1, -0.05) is 32.9 Å². The number of benzene rings is 1. The molecule has 7 heteroatoms. The third kappa shape index (κ3) is 5.71. The number of esters is 1. The normalized spacial score (nSPS) is 17.8. The van der Waals surface area contributed by atoms with Crippen molar-refractivity contribution in [2.45, 2.75) is 58.6 Å². The minimum Gasteiger partial charge on any atom is -0.481 e. The molecule has 0 aliphatic carbocycles. The molecular formula is C21H30N2O5. The SMILES string of the molecule is CCCOC(=O)C[C@@H]1C(=O)NCCN1C(=O)[C@@H](C)Oc1ccc(C(C)C)cc1. The third-order valence-corrected chi connectivity index (χ3v) is 4.65. The number of nitrogens with zero attached hydrogens (tertiary/aromatic N) is 1. The van der Waals surface area contributed by atoms with E-state index < -0.39 is 18.1 Å². The van der Waals surface area contributed by atoms with Gasteiger partial charge in [0.25, 0.3) is 5.91 Å². The van der Waals surface area contributed by atoms with Crippen LogP contribution in [0.2, 0.25) is 0 Å². The summed E-state index contributed by atoms with van der Waals surface area (Å²) in [6.45, 7) is 8.73. The molecule has 0 spiro atoms. The molecule has 2 rings (SSSR count). The van der Waals surface area contributed by atoms with Gasteiger partial charge in [-0.3, -0.25) is 14.4 Å². The molecule has 1 aliphatic rings. The molecule has 28 heavy (non-hydrogen) atoms. The largest absolute Gasteiger partial charge is 0.481 e. The van der Waals surface area contributed by atoms with Crippen LogP contribution in [0.1, 0.15) is 52.0 Å². The van der Waals surface area contributed by atoms with Gasteiger partial charge < -0.3 is 19.7 Å². The Balaban J connectivity index is 2.03. The Morgan fingerprint density at radius 2 is 1.89 bits per heavy atom. The lowest BCUT2D eigenvalue weighted by atomic mass is 10.0. The van der Waals surface area contributed by atoms with Crippen LogP contribution < -0.4 is 10.1 Å². The Kier molecular flexibility index (Phi) is 7.84. The van der Waals surface area contributed by atoms with E-state index in [9.17, 15) is 14.4 Å². The Labute approximate surface area is 166 Å². The number of ether oxygens (including phenoxy) is 2. The Hall–Kier alpha value is -2.57. The number of hydrogen-bond donors (Lipinski definition) is 1. The Morgan fingerprint density at radius 1 is 1.21 bits per heavy atom. The Bertz CT molecular complexity index is 687. The van der Waals surface area contributed by atoms with Crippen molar-refractivity contribution in [2.75, 3.05) is 19.7 Å². The van der Waals surface area contributed by atoms with E-state index in [-0.39, 0.29) is 18.2 Å². The van der Waals surface area contributed by atoms with E-state index in [4.69, 9.17) is 9.47 Å². The van der Waals surface area contributed by atoms with Crippen LogP contribution in [0.3, 0.4) is 0 Å². The van der Waals surface area contributed by atoms with Crippen molar-refractivity contribution < 1.29 is 23.9 Å². The van der Waals surface area contributed by atoms with Gasteiger partial charge in [0.2, 0.25) is 5.91 Å². The summed E-state index contributed by atoms with van der Waals surface area (Å²) in [6, 6.07) is 6.74. The average molecular weight is 390 g/mol. The molecule has 1 heterocycles. The number of amides is 2. The molecule has 0 radical (unpaired) electrons. The minimum atomic E-state index is -0.875. The van der Waals surface area contributed by atoms with E-state index in [1.807, 2.05) is 31.2 Å². The predicted octanol–water partition coefficient (Wildman–Crippen LogP) is 2.25. The van der Waals surface area contributed by atoms with Crippen molar-refractivity contribution in [1.29, 1.82) is 0 Å². The molecule has 1 saturated heterocycles. The number of hydrogen-bond acceptors (Lipinski definition) is 5. The van der Waals surface area contributed by atoms with Crippen molar-refractivity contribution in [3.05, 3.63) is 29.8 Å². The van der Waals surface area contributed by atoms with Crippen LogP contribution >= 0.6 is 0 Å². The molecule has 1 aromatic rings. The molecular weight excluding hydrogens is 360 g/mol. The first-order valence-electron chi connectivity index (χ1n) is 9.83. The summed E-state index contributed by atoms with van der Waals surface area (Å²) in [5, 5.41) is 2.70. The lowest BCUT2D eigenvalue weighted by molar-refractivity contribution is -0.154. The second kappa shape index (κ2) is 10.1. The molecule has 1 N–H and O–H groups in total. The van der Waals surface area contributed by atoms with Crippen LogP contribution in [-0.2, 0) is 19.1 Å². The fourth-order valence-electron chi connectivity index (χ4n) is 3.03. The quantitative estimate of drug-likeness (QED) is 0.688. The molecule has 0 bridgehead atoms. The molecule has 1 aromatic carbocycles. The summed E-state index contributed by atoms with van der Waals surface area (Å²) in [5.74, 6) is -0.157. The average Bonchev–Trinajstić information content (AvgIpc) is 2.67. The molecule has 7 nitrogen and oxygen atoms in total. The summed E-state index contributed by atoms with van der Waals surface area (Å²) in [4.78, 5) is 38.5. The van der Waals surface area contributed by atoms with Gasteiger partial charge in [0.15, 0.2) is 6.10 Å². The van der Waals surface area contributed by atoms with Gasteiger partial charge in [0.1, 0.15) is 11.8 Å². The maximum Gasteiger partial charge on any atom is 0.308 e. The Morgan fingerprint density at radius 3 is 2.50 bits per heavy atom. The van der Waals surface area contributed by atoms with E-state index in [2.05, 4.69) is 19.2 Å². The molecule has 2 amide bonds. The van der Waals surface area contributed by atoms with Gasteiger partial charge in [0, 0.05) is 13.1 Å². The monoisotopic (exact) mass is 390 g/mol. The fraction of sp³-hybridized carbons (Fsp3) is 0.571. The summed E-state index contributed by atoms with van der Waals surface area (Å²) < 4.78 is 10.8. The summed E-state index contributed by atoms with van der Waals surface area (Å²) in [7, 11) is 0. The van der Waals surface area contributed by atoms with Crippen molar-refractivity contribution in [1.82, 2.24) is 10.2 Å². The highest BCUT2D eigenvalue weighted by Gasteiger charge is 2.37. The zero-order valence-electron chi connectivity index (χ0n) is 17.1. The number of piperazine rings is 1. The standard InChI is InChI=1S/C21H30N2O5/c1-5-12-27-19(24)13-18-20(25)22-10-11-23(18)21(26)15(4)28-17-8-6-16(7-9-17)14(2)3/h6-9,14-15,18H,5,10-13H2,1-4H3,(H,22,25)/t15-,18-/m1/s1. The summed E-state index contributed by atoms with van der Waals surface area (Å²) in [5.41, 5.74) is 1.18. The summed E-state index contributed by atoms with van der Waals surface area (Å²) >= 11 is 0. The van der Waals surface area contributed by atoms with E-state index >= 15 is 0 Å². The van der Waals surface area contributed by atoms with Crippen molar-refractivity contribution in [3.63, 3.8) is 0 Å². The molecule has 1 aliphatic heterocycles. The van der Waals surface area contributed by atoms with E-state index in [0.717, 1.165) is 0 Å². The number of carbonyl (C=O) groups excluding carboxylic acids is 3. The van der Waals surface area contributed by atoms with Crippen LogP contribution in [0, 0.1) is 0 Å². The van der Waals surface area contributed by atoms with Crippen molar-refractivity contribution in [2.24, 2.45) is 0 Å². The lowest BCUT2D eigenvalue weighted by Crippen LogP contribution is -2.60. The van der Waals surface area contributed by atoms with Crippen LogP contribution in [0.5, 0.6) is 5.75 Å². The topological polar surface area (TPSA) is 84.9 Å². The van der Waals surface area contributed by atoms with E-state index in [0.29, 0.717) is 37.8 Å². The first-order chi connectivity index (χ1) is 13.3. The minimum absolute atomic E-state index is 0.159. The second-order valence-corrected chi connectivity index (χ2v) is 7.25. The van der Waals surface area contributed by atoms with Crippen LogP contribution in [0.15, 0.2) is 24.3 Å². The van der Waals surface area contributed by atoms with Crippen LogP contribution in [0.4, 0.5) is 0 Å². The molecule has 0 saturated carbocycles. The zero-order chi connectivity index (χ0) is 20.7. The summed E-state index contributed by atoms with van der Waals surface area (Å²) in [6.07, 6.45) is -0.232. The first-order valence-corrected chi connectivity index (χ1v) is 9.83. The van der Waals surface area contributed by atoms with Gasteiger partial charge in [-0.05, 0) is 37.0 Å². The van der Waals surface area contributed by atoms with Gasteiger partial charge in [-0.2, -0.15) is 0 Å². The van der Waals surface area contributed by atoms with Gasteiger partial charge in [-0.15, -0.1) is 0 Å². The lowest BCUT2D eigenvalue weighted by Gasteiger charge is -2.36. The van der Waals surface area contributed by atoms with Gasteiger partial charge in [0.05, 0.1) is 13.0 Å². The van der Waals surface area contributed by atoms with Gasteiger partial charge >= 0.3 is 5.97 Å². The molecule has 0 aromatic heterocycles.